The molecule has 0 spiro atoms. The van der Waals surface area contributed by atoms with Crippen LogP contribution in [0, 0.1) is 0 Å². The zero-order valence-electron chi connectivity index (χ0n) is 9.03. The number of methoxy groups -OCH3 is 2. The third kappa shape index (κ3) is 6.48. The van der Waals surface area contributed by atoms with Crippen LogP contribution in [0.2, 0.25) is 0 Å². The smallest absolute Gasteiger partial charge is 0.315 e. The summed E-state index contributed by atoms with van der Waals surface area (Å²) in [4.78, 5) is 32.7. The summed E-state index contributed by atoms with van der Waals surface area (Å²) < 4.78 is 8.74. The van der Waals surface area contributed by atoms with Crippen molar-refractivity contribution in [2.24, 2.45) is 0 Å². The molecule has 0 aliphatic heterocycles. The molecule has 0 heterocycles. The zero-order chi connectivity index (χ0) is 11.8. The van der Waals surface area contributed by atoms with E-state index in [2.05, 4.69) is 14.8 Å². The number of nitrogens with one attached hydrogen (secondary N) is 1. The fourth-order valence-corrected chi connectivity index (χ4v) is 0.913. The molecule has 0 radical (unpaired) electrons. The maximum Gasteiger partial charge on any atom is 0.315 e. The molecule has 0 fully saturated rings. The van der Waals surface area contributed by atoms with Crippen LogP contribution in [0.25, 0.3) is 0 Å². The van der Waals surface area contributed by atoms with Crippen LogP contribution in [0.15, 0.2) is 0 Å². The monoisotopic (exact) mass is 217 g/mol. The molecule has 0 saturated carbocycles. The molecule has 1 atom stereocenters. The van der Waals surface area contributed by atoms with Gasteiger partial charge in [0.05, 0.1) is 20.6 Å². The molecule has 0 aromatic heterocycles. The molecule has 0 aromatic rings. The molecule has 15 heavy (non-hydrogen) atoms. The zero-order valence-corrected chi connectivity index (χ0v) is 9.03. The SMILES string of the molecule is COC(=O)CC(=O)N[C@H](C)CC(=O)OC. The number of hydrogen-bond acceptors (Lipinski definition) is 5. The normalized spacial score (nSPS) is 11.4. The molecule has 1 N–H and O–H groups in total. The van der Waals surface area contributed by atoms with Crippen LogP contribution in [0.3, 0.4) is 0 Å². The highest BCUT2D eigenvalue weighted by Crippen LogP contribution is 1.94. The lowest BCUT2D eigenvalue weighted by atomic mass is 10.2. The largest absolute Gasteiger partial charge is 0.469 e. The minimum absolute atomic E-state index is 0.0728. The predicted octanol–water partition coefficient (Wildman–Crippen LogP) is -0.383. The summed E-state index contributed by atoms with van der Waals surface area (Å²) in [6.45, 7) is 1.64. The number of amides is 1. The van der Waals surface area contributed by atoms with Gasteiger partial charge in [-0.1, -0.05) is 0 Å². The number of hydrogen-bond donors (Lipinski definition) is 1. The van der Waals surface area contributed by atoms with Crippen molar-refractivity contribution >= 4 is 17.8 Å². The van der Waals surface area contributed by atoms with E-state index in [-0.39, 0.29) is 18.9 Å². The summed E-state index contributed by atoms with van der Waals surface area (Å²) in [5, 5.41) is 2.47. The van der Waals surface area contributed by atoms with Gasteiger partial charge in [0.1, 0.15) is 6.42 Å². The lowest BCUT2D eigenvalue weighted by Gasteiger charge is -2.11. The molecule has 6 nitrogen and oxygen atoms in total. The van der Waals surface area contributed by atoms with Crippen molar-refractivity contribution in [1.82, 2.24) is 5.32 Å². The van der Waals surface area contributed by atoms with Gasteiger partial charge in [0, 0.05) is 6.04 Å². The van der Waals surface area contributed by atoms with E-state index < -0.39 is 17.8 Å². The van der Waals surface area contributed by atoms with Crippen molar-refractivity contribution in [2.75, 3.05) is 14.2 Å². The maximum atomic E-state index is 11.1. The van der Waals surface area contributed by atoms with Crippen LogP contribution in [0.1, 0.15) is 19.8 Å². The fraction of sp³-hybridized carbons (Fsp3) is 0.667. The van der Waals surface area contributed by atoms with Crippen LogP contribution in [-0.4, -0.2) is 38.1 Å². The molecule has 0 aliphatic carbocycles. The van der Waals surface area contributed by atoms with Gasteiger partial charge in [0.2, 0.25) is 5.91 Å². The van der Waals surface area contributed by atoms with Gasteiger partial charge in [0.15, 0.2) is 0 Å². The molecule has 0 rings (SSSR count). The van der Waals surface area contributed by atoms with Gasteiger partial charge in [-0.2, -0.15) is 0 Å². The van der Waals surface area contributed by atoms with Crippen molar-refractivity contribution in [1.29, 1.82) is 0 Å². The summed E-state index contributed by atoms with van der Waals surface area (Å²) >= 11 is 0. The Hall–Kier alpha value is -1.59. The van der Waals surface area contributed by atoms with E-state index in [4.69, 9.17) is 0 Å². The van der Waals surface area contributed by atoms with Crippen LogP contribution in [0.5, 0.6) is 0 Å². The maximum absolute atomic E-state index is 11.1. The predicted molar refractivity (Wildman–Crippen MR) is 50.9 cm³/mol. The van der Waals surface area contributed by atoms with Crippen LogP contribution < -0.4 is 5.32 Å². The Labute approximate surface area is 87.9 Å². The summed E-state index contributed by atoms with van der Waals surface area (Å²) in [7, 11) is 2.47. The average molecular weight is 217 g/mol. The summed E-state index contributed by atoms with van der Waals surface area (Å²) in [6.07, 6.45) is -0.272. The summed E-state index contributed by atoms with van der Waals surface area (Å²) in [5.74, 6) is -1.50. The molecule has 0 aromatic carbocycles. The molecule has 0 aliphatic rings. The highest BCUT2D eigenvalue weighted by atomic mass is 16.5. The Kier molecular flexibility index (Phi) is 6.08. The number of esters is 2. The first-order chi connectivity index (χ1) is 6.99. The molecule has 1 amide bonds. The Morgan fingerprint density at radius 2 is 1.67 bits per heavy atom. The van der Waals surface area contributed by atoms with Crippen molar-refractivity contribution in [3.63, 3.8) is 0 Å². The quantitative estimate of drug-likeness (QED) is 0.501. The lowest BCUT2D eigenvalue weighted by molar-refractivity contribution is -0.143. The Bertz CT molecular complexity index is 251. The second-order valence-corrected chi connectivity index (χ2v) is 3.00. The van der Waals surface area contributed by atoms with E-state index in [0.717, 1.165) is 0 Å². The van der Waals surface area contributed by atoms with Crippen LogP contribution in [0.4, 0.5) is 0 Å². The standard InChI is InChI=1S/C9H15NO5/c1-6(4-8(12)14-2)10-7(11)5-9(13)15-3/h6H,4-5H2,1-3H3,(H,10,11)/t6-/m1/s1. The van der Waals surface area contributed by atoms with Gasteiger partial charge in [0.25, 0.3) is 0 Å². The summed E-state index contributed by atoms with van der Waals surface area (Å²) in [5.41, 5.74) is 0. The Morgan fingerprint density at radius 1 is 1.13 bits per heavy atom. The minimum atomic E-state index is -0.613. The first-order valence-electron chi connectivity index (χ1n) is 4.42. The van der Waals surface area contributed by atoms with Crippen molar-refractivity contribution in [3.05, 3.63) is 0 Å². The van der Waals surface area contributed by atoms with E-state index in [0.29, 0.717) is 0 Å². The number of rotatable bonds is 5. The number of carbonyl (C=O) groups is 3. The molecule has 0 bridgehead atoms. The minimum Gasteiger partial charge on any atom is -0.469 e. The fourth-order valence-electron chi connectivity index (χ4n) is 0.913. The highest BCUT2D eigenvalue weighted by molar-refractivity contribution is 5.94. The molecule has 86 valence electrons. The van der Waals surface area contributed by atoms with E-state index in [1.54, 1.807) is 6.92 Å². The van der Waals surface area contributed by atoms with E-state index in [1.165, 1.54) is 14.2 Å². The van der Waals surface area contributed by atoms with E-state index in [1.807, 2.05) is 0 Å². The molecular weight excluding hydrogens is 202 g/mol. The third-order valence-corrected chi connectivity index (χ3v) is 1.64. The van der Waals surface area contributed by atoms with Crippen LogP contribution in [-0.2, 0) is 23.9 Å². The van der Waals surface area contributed by atoms with Crippen LogP contribution >= 0.6 is 0 Å². The third-order valence-electron chi connectivity index (χ3n) is 1.64. The van der Waals surface area contributed by atoms with E-state index in [9.17, 15) is 14.4 Å². The summed E-state index contributed by atoms with van der Waals surface area (Å²) in [6, 6.07) is -0.366. The second kappa shape index (κ2) is 6.80. The van der Waals surface area contributed by atoms with Gasteiger partial charge in [-0.3, -0.25) is 14.4 Å². The van der Waals surface area contributed by atoms with Gasteiger partial charge < -0.3 is 14.8 Å². The first kappa shape index (κ1) is 13.4. The van der Waals surface area contributed by atoms with E-state index >= 15 is 0 Å². The van der Waals surface area contributed by atoms with Crippen molar-refractivity contribution in [2.45, 2.75) is 25.8 Å². The molecular formula is C9H15NO5. The van der Waals surface area contributed by atoms with Gasteiger partial charge in [-0.25, -0.2) is 0 Å². The van der Waals surface area contributed by atoms with Gasteiger partial charge >= 0.3 is 11.9 Å². The Morgan fingerprint density at radius 3 is 2.13 bits per heavy atom. The topological polar surface area (TPSA) is 81.7 Å². The highest BCUT2D eigenvalue weighted by Gasteiger charge is 2.14. The van der Waals surface area contributed by atoms with Gasteiger partial charge in [-0.15, -0.1) is 0 Å². The molecule has 0 saturated heterocycles. The molecule has 0 unspecified atom stereocenters. The Balaban J connectivity index is 3.86. The molecule has 6 heteroatoms. The van der Waals surface area contributed by atoms with Crippen molar-refractivity contribution in [3.8, 4) is 0 Å². The lowest BCUT2D eigenvalue weighted by Crippen LogP contribution is -2.35. The number of carbonyl (C=O) groups excluding carboxylic acids is 3. The second-order valence-electron chi connectivity index (χ2n) is 3.00. The number of ether oxygens (including phenoxy) is 2. The van der Waals surface area contributed by atoms with Crippen molar-refractivity contribution < 1.29 is 23.9 Å². The average Bonchev–Trinajstić information content (AvgIpc) is 2.16. The first-order valence-corrected chi connectivity index (χ1v) is 4.42. The van der Waals surface area contributed by atoms with Gasteiger partial charge in [-0.05, 0) is 6.92 Å².